The molecule has 0 aliphatic heterocycles. The first-order chi connectivity index (χ1) is 7.49. The molecule has 6 N–H and O–H groups in total. The van der Waals surface area contributed by atoms with Crippen LogP contribution in [0, 0.1) is 0 Å². The van der Waals surface area contributed by atoms with E-state index in [1.807, 2.05) is 0 Å². The minimum atomic E-state index is -1.32. The van der Waals surface area contributed by atoms with E-state index in [1.165, 1.54) is 18.2 Å². The van der Waals surface area contributed by atoms with Crippen molar-refractivity contribution in [2.75, 3.05) is 6.54 Å². The third-order valence-electron chi connectivity index (χ3n) is 2.19. The van der Waals surface area contributed by atoms with Crippen molar-refractivity contribution in [3.8, 4) is 0 Å². The number of carbonyl (C=O) groups is 2. The highest BCUT2D eigenvalue weighted by Crippen LogP contribution is 2.20. The van der Waals surface area contributed by atoms with E-state index >= 15 is 0 Å². The molecule has 0 fully saturated rings. The molecule has 1 rings (SSSR count). The van der Waals surface area contributed by atoms with Crippen LogP contribution in [0.5, 0.6) is 0 Å². The second-order valence-electron chi connectivity index (χ2n) is 3.22. The van der Waals surface area contributed by atoms with Crippen LogP contribution in [-0.4, -0.2) is 28.7 Å². The van der Waals surface area contributed by atoms with Gasteiger partial charge in [-0.1, -0.05) is 12.1 Å². The minimum absolute atomic E-state index is 0. The summed E-state index contributed by atoms with van der Waals surface area (Å²) in [5, 5.41) is 17.8. The van der Waals surface area contributed by atoms with Crippen LogP contribution in [0.2, 0.25) is 0 Å². The maximum absolute atomic E-state index is 11.0. The van der Waals surface area contributed by atoms with Crippen LogP contribution in [0.15, 0.2) is 18.2 Å². The molecule has 1 unspecified atom stereocenters. The maximum Gasteiger partial charge on any atom is 0.336 e. The molecule has 1 aromatic rings. The Bertz CT molecular complexity index is 436. The van der Waals surface area contributed by atoms with Gasteiger partial charge in [-0.15, -0.1) is 0 Å². The molecule has 88 valence electrons. The van der Waals surface area contributed by atoms with Crippen molar-refractivity contribution in [1.29, 1.82) is 0 Å². The summed E-state index contributed by atoms with van der Waals surface area (Å²) < 4.78 is 0. The fourth-order valence-electron chi connectivity index (χ4n) is 1.42. The number of hydrogen-bond donors (Lipinski definition) is 4. The summed E-state index contributed by atoms with van der Waals surface area (Å²) in [6.45, 7) is 0.0450. The van der Waals surface area contributed by atoms with Crippen LogP contribution < -0.4 is 11.5 Å². The lowest BCUT2D eigenvalue weighted by molar-refractivity contribution is 0.0650. The van der Waals surface area contributed by atoms with Crippen molar-refractivity contribution in [3.05, 3.63) is 34.9 Å². The van der Waals surface area contributed by atoms with Gasteiger partial charge < -0.3 is 21.7 Å². The van der Waals surface area contributed by atoms with Gasteiger partial charge in [0.15, 0.2) is 0 Å². The Morgan fingerprint density at radius 2 is 1.94 bits per heavy atom. The van der Waals surface area contributed by atoms with E-state index in [1.54, 1.807) is 0 Å². The number of carboxylic acids is 2. The van der Waals surface area contributed by atoms with E-state index in [0.29, 0.717) is 0 Å². The molecule has 0 amide bonds. The highest BCUT2D eigenvalue weighted by Gasteiger charge is 2.22. The fraction of sp³-hybridized carbons (Fsp3) is 0.200. The first-order valence-corrected chi connectivity index (χ1v) is 4.54. The molecule has 0 aliphatic rings. The van der Waals surface area contributed by atoms with Crippen molar-refractivity contribution in [3.63, 3.8) is 0 Å². The van der Waals surface area contributed by atoms with E-state index in [0.717, 1.165) is 0 Å². The Balaban J connectivity index is 0.00000256. The van der Waals surface area contributed by atoms with Gasteiger partial charge in [0.1, 0.15) is 0 Å². The number of nitrogens with two attached hydrogens (primary N) is 2. The Morgan fingerprint density at radius 3 is 2.38 bits per heavy atom. The smallest absolute Gasteiger partial charge is 0.336 e. The quantitative estimate of drug-likeness (QED) is 0.584. The van der Waals surface area contributed by atoms with Crippen LogP contribution in [0.1, 0.15) is 33.7 Å². The molecule has 0 saturated carbocycles. The molecule has 0 aliphatic carbocycles. The lowest BCUT2D eigenvalue weighted by Crippen LogP contribution is -2.24. The molecule has 0 spiro atoms. The summed E-state index contributed by atoms with van der Waals surface area (Å²) >= 11 is 0. The largest absolute Gasteiger partial charge is 0.478 e. The average Bonchev–Trinajstić information content (AvgIpc) is 2.26. The molecule has 0 radical (unpaired) electrons. The van der Waals surface area contributed by atoms with E-state index < -0.39 is 18.0 Å². The Labute approximate surface area is 93.0 Å². The van der Waals surface area contributed by atoms with Crippen LogP contribution in [0.4, 0.5) is 0 Å². The average molecular weight is 226 g/mol. The van der Waals surface area contributed by atoms with Crippen LogP contribution in [0.3, 0.4) is 0 Å². The van der Waals surface area contributed by atoms with Gasteiger partial charge in [-0.2, -0.15) is 0 Å². The van der Waals surface area contributed by atoms with Gasteiger partial charge in [-0.25, -0.2) is 9.59 Å². The zero-order valence-corrected chi connectivity index (χ0v) is 8.38. The molecule has 0 bridgehead atoms. The molecule has 0 heterocycles. The van der Waals surface area contributed by atoms with Crippen LogP contribution in [0.25, 0.3) is 0 Å². The maximum atomic E-state index is 11.0. The summed E-state index contributed by atoms with van der Waals surface area (Å²) in [4.78, 5) is 21.9. The number of benzene rings is 1. The third kappa shape index (κ3) is 2.18. The van der Waals surface area contributed by atoms with Gasteiger partial charge >= 0.3 is 11.9 Å². The molecular formula is C10H14N2O4. The number of carboxylic acid groups (broad SMARTS) is 2. The molecule has 1 atom stereocenters. The van der Waals surface area contributed by atoms with Crippen molar-refractivity contribution in [2.24, 2.45) is 11.5 Å². The second-order valence-corrected chi connectivity index (χ2v) is 3.22. The lowest BCUT2D eigenvalue weighted by Gasteiger charge is -2.13. The van der Waals surface area contributed by atoms with Gasteiger partial charge in [-0.3, -0.25) is 0 Å². The van der Waals surface area contributed by atoms with Crippen LogP contribution >= 0.6 is 0 Å². The molecular weight excluding hydrogens is 212 g/mol. The van der Waals surface area contributed by atoms with Crippen molar-refractivity contribution in [1.82, 2.24) is 0 Å². The molecule has 0 aromatic heterocycles. The summed E-state index contributed by atoms with van der Waals surface area (Å²) in [7, 11) is 0. The summed E-state index contributed by atoms with van der Waals surface area (Å²) in [5.41, 5.74) is 10.6. The summed E-state index contributed by atoms with van der Waals surface area (Å²) in [5.74, 6) is -2.62. The van der Waals surface area contributed by atoms with E-state index in [9.17, 15) is 9.59 Å². The second kappa shape index (κ2) is 4.73. The zero-order valence-electron chi connectivity index (χ0n) is 8.38. The Hall–Kier alpha value is -1.92. The predicted octanol–water partition coefficient (Wildman–Crippen LogP) is 0.287. The lowest BCUT2D eigenvalue weighted by atomic mass is 9.96. The number of aromatic carboxylic acids is 2. The SMILES string of the molecule is NCC(N)c1cccc(C(=O)O)c1C(=O)O.[HH]. The first-order valence-electron chi connectivity index (χ1n) is 4.54. The molecule has 1 aromatic carbocycles. The van der Waals surface area contributed by atoms with Crippen molar-refractivity contribution < 1.29 is 21.2 Å². The Kier molecular flexibility index (Phi) is 3.60. The van der Waals surface area contributed by atoms with Crippen molar-refractivity contribution >= 4 is 11.9 Å². The zero-order chi connectivity index (χ0) is 12.3. The van der Waals surface area contributed by atoms with Crippen LogP contribution in [-0.2, 0) is 0 Å². The molecule has 0 saturated heterocycles. The topological polar surface area (TPSA) is 127 Å². The van der Waals surface area contributed by atoms with E-state index in [4.69, 9.17) is 21.7 Å². The van der Waals surface area contributed by atoms with Gasteiger partial charge in [0, 0.05) is 14.0 Å². The summed E-state index contributed by atoms with van der Waals surface area (Å²) in [6, 6.07) is 3.44. The summed E-state index contributed by atoms with van der Waals surface area (Å²) in [6.07, 6.45) is 0. The third-order valence-corrected chi connectivity index (χ3v) is 2.19. The van der Waals surface area contributed by atoms with E-state index in [2.05, 4.69) is 0 Å². The van der Waals surface area contributed by atoms with Gasteiger partial charge in [0.05, 0.1) is 11.1 Å². The highest BCUT2D eigenvalue weighted by atomic mass is 16.4. The van der Waals surface area contributed by atoms with Gasteiger partial charge in [0.2, 0.25) is 0 Å². The Morgan fingerprint density at radius 1 is 1.31 bits per heavy atom. The molecule has 6 heteroatoms. The monoisotopic (exact) mass is 226 g/mol. The highest BCUT2D eigenvalue weighted by molar-refractivity contribution is 6.02. The van der Waals surface area contributed by atoms with E-state index in [-0.39, 0.29) is 24.7 Å². The minimum Gasteiger partial charge on any atom is -0.478 e. The van der Waals surface area contributed by atoms with Gasteiger partial charge in [0.25, 0.3) is 0 Å². The number of rotatable bonds is 4. The molecule has 6 nitrogen and oxygen atoms in total. The first kappa shape index (κ1) is 12.2. The van der Waals surface area contributed by atoms with Crippen molar-refractivity contribution in [2.45, 2.75) is 6.04 Å². The standard InChI is InChI=1S/C10H12N2O4.H2/c11-4-7(12)5-2-1-3-6(9(13)14)8(5)10(15)16;/h1-3,7H,4,11-12H2,(H,13,14)(H,15,16);1H. The fourth-order valence-corrected chi connectivity index (χ4v) is 1.42. The predicted molar refractivity (Wildman–Crippen MR) is 58.5 cm³/mol. The number of hydrogen-bond acceptors (Lipinski definition) is 4. The molecule has 16 heavy (non-hydrogen) atoms. The normalized spacial score (nSPS) is 12.1. The van der Waals surface area contributed by atoms with Gasteiger partial charge in [-0.05, 0) is 11.6 Å².